The van der Waals surface area contributed by atoms with Gasteiger partial charge in [-0.3, -0.25) is 11.3 Å². The smallest absolute Gasteiger partial charge is 0.398 e. The number of rotatable bonds is 4. The normalized spacial score (nSPS) is 13.1. The lowest BCUT2D eigenvalue weighted by Crippen LogP contribution is -2.30. The molecule has 0 aliphatic heterocycles. The Morgan fingerprint density at radius 3 is 2.29 bits per heavy atom. The molecular weight excluding hydrogens is 279 g/mol. The standard InChI is InChI=1S/C15H16F3N3/c16-15(17,18)11-6-7-13(19)12(9-11)14(21-20)8-10-4-2-1-3-5-10/h1-7,9,14,21H,8,19-20H2. The van der Waals surface area contributed by atoms with Gasteiger partial charge in [0.15, 0.2) is 0 Å². The number of hydrogen-bond acceptors (Lipinski definition) is 3. The fourth-order valence-corrected chi connectivity index (χ4v) is 2.16. The maximum Gasteiger partial charge on any atom is 0.416 e. The fourth-order valence-electron chi connectivity index (χ4n) is 2.16. The van der Waals surface area contributed by atoms with E-state index >= 15 is 0 Å². The molecule has 3 nitrogen and oxygen atoms in total. The van der Waals surface area contributed by atoms with E-state index in [1.807, 2.05) is 30.3 Å². The van der Waals surface area contributed by atoms with Crippen LogP contribution in [-0.4, -0.2) is 0 Å². The second kappa shape index (κ2) is 6.15. The first-order valence-corrected chi connectivity index (χ1v) is 6.38. The number of nitrogens with one attached hydrogen (secondary N) is 1. The van der Waals surface area contributed by atoms with Crippen molar-refractivity contribution < 1.29 is 13.2 Å². The van der Waals surface area contributed by atoms with Gasteiger partial charge >= 0.3 is 6.18 Å². The number of halogens is 3. The summed E-state index contributed by atoms with van der Waals surface area (Å²) in [5.74, 6) is 5.49. The molecule has 2 rings (SSSR count). The fraction of sp³-hybridized carbons (Fsp3) is 0.200. The van der Waals surface area contributed by atoms with Gasteiger partial charge in [0, 0.05) is 5.69 Å². The van der Waals surface area contributed by atoms with Crippen LogP contribution in [0.1, 0.15) is 22.7 Å². The Balaban J connectivity index is 2.33. The van der Waals surface area contributed by atoms with Crippen molar-refractivity contribution in [3.8, 4) is 0 Å². The summed E-state index contributed by atoms with van der Waals surface area (Å²) >= 11 is 0. The molecule has 1 unspecified atom stereocenters. The molecule has 21 heavy (non-hydrogen) atoms. The highest BCUT2D eigenvalue weighted by Gasteiger charge is 2.31. The van der Waals surface area contributed by atoms with Crippen LogP contribution in [0.15, 0.2) is 48.5 Å². The second-order valence-corrected chi connectivity index (χ2v) is 4.75. The third-order valence-electron chi connectivity index (χ3n) is 3.27. The van der Waals surface area contributed by atoms with Crippen LogP contribution in [0.25, 0.3) is 0 Å². The largest absolute Gasteiger partial charge is 0.416 e. The van der Waals surface area contributed by atoms with Gasteiger partial charge < -0.3 is 5.73 Å². The molecule has 0 aliphatic rings. The number of benzene rings is 2. The predicted octanol–water partition coefficient (Wildman–Crippen LogP) is 3.03. The Hall–Kier alpha value is -2.05. The van der Waals surface area contributed by atoms with E-state index in [0.717, 1.165) is 17.7 Å². The van der Waals surface area contributed by atoms with Gasteiger partial charge in [-0.05, 0) is 35.7 Å². The van der Waals surface area contributed by atoms with Crippen molar-refractivity contribution in [1.29, 1.82) is 0 Å². The summed E-state index contributed by atoms with van der Waals surface area (Å²) in [6, 6.07) is 12.1. The molecule has 5 N–H and O–H groups in total. The van der Waals surface area contributed by atoms with E-state index in [9.17, 15) is 13.2 Å². The molecule has 2 aromatic rings. The van der Waals surface area contributed by atoms with Crippen LogP contribution in [0.5, 0.6) is 0 Å². The van der Waals surface area contributed by atoms with Crippen LogP contribution in [0.4, 0.5) is 18.9 Å². The van der Waals surface area contributed by atoms with Crippen LogP contribution in [0, 0.1) is 0 Å². The third kappa shape index (κ3) is 3.74. The zero-order valence-corrected chi connectivity index (χ0v) is 11.2. The molecule has 0 radical (unpaired) electrons. The van der Waals surface area contributed by atoms with Gasteiger partial charge in [-0.2, -0.15) is 13.2 Å². The Morgan fingerprint density at radius 1 is 1.05 bits per heavy atom. The van der Waals surface area contributed by atoms with Crippen molar-refractivity contribution in [2.75, 3.05) is 5.73 Å². The highest BCUT2D eigenvalue weighted by atomic mass is 19.4. The Morgan fingerprint density at radius 2 is 1.71 bits per heavy atom. The number of alkyl halides is 3. The lowest BCUT2D eigenvalue weighted by atomic mass is 9.96. The summed E-state index contributed by atoms with van der Waals surface area (Å²) < 4.78 is 38.4. The van der Waals surface area contributed by atoms with Crippen LogP contribution in [0.2, 0.25) is 0 Å². The van der Waals surface area contributed by atoms with Gasteiger partial charge in [-0.25, -0.2) is 0 Å². The van der Waals surface area contributed by atoms with E-state index in [4.69, 9.17) is 11.6 Å². The lowest BCUT2D eigenvalue weighted by molar-refractivity contribution is -0.137. The highest BCUT2D eigenvalue weighted by molar-refractivity contribution is 5.51. The summed E-state index contributed by atoms with van der Waals surface area (Å²) in [5.41, 5.74) is 9.18. The van der Waals surface area contributed by atoms with Crippen molar-refractivity contribution in [3.63, 3.8) is 0 Å². The molecular formula is C15H16F3N3. The first-order valence-electron chi connectivity index (χ1n) is 6.38. The molecule has 0 heterocycles. The molecule has 1 atom stereocenters. The molecule has 0 saturated carbocycles. The quantitative estimate of drug-likeness (QED) is 0.461. The molecule has 0 aliphatic carbocycles. The molecule has 0 spiro atoms. The third-order valence-corrected chi connectivity index (χ3v) is 3.27. The Kier molecular flexibility index (Phi) is 4.50. The minimum atomic E-state index is -4.41. The van der Waals surface area contributed by atoms with E-state index < -0.39 is 17.8 Å². The van der Waals surface area contributed by atoms with E-state index in [1.54, 1.807) is 0 Å². The van der Waals surface area contributed by atoms with Gasteiger partial charge in [0.2, 0.25) is 0 Å². The zero-order valence-electron chi connectivity index (χ0n) is 11.2. The molecule has 6 heteroatoms. The Bertz CT molecular complexity index is 597. The average Bonchev–Trinajstić information content (AvgIpc) is 2.45. The number of nitrogen functional groups attached to an aromatic ring is 1. The van der Waals surface area contributed by atoms with Crippen molar-refractivity contribution in [3.05, 3.63) is 65.2 Å². The van der Waals surface area contributed by atoms with E-state index in [2.05, 4.69) is 5.43 Å². The van der Waals surface area contributed by atoms with Crippen LogP contribution >= 0.6 is 0 Å². The first kappa shape index (κ1) is 15.3. The van der Waals surface area contributed by atoms with Gasteiger partial charge in [0.05, 0.1) is 11.6 Å². The van der Waals surface area contributed by atoms with Crippen molar-refractivity contribution in [2.45, 2.75) is 18.6 Å². The molecule has 0 bridgehead atoms. The molecule has 0 amide bonds. The second-order valence-electron chi connectivity index (χ2n) is 4.75. The summed E-state index contributed by atoms with van der Waals surface area (Å²) in [6.45, 7) is 0. The number of hydrazine groups is 1. The Labute approximate surface area is 120 Å². The topological polar surface area (TPSA) is 64.1 Å². The van der Waals surface area contributed by atoms with Crippen molar-refractivity contribution >= 4 is 5.69 Å². The maximum atomic E-state index is 12.8. The van der Waals surface area contributed by atoms with Crippen LogP contribution < -0.4 is 17.0 Å². The monoisotopic (exact) mass is 295 g/mol. The molecule has 0 aromatic heterocycles. The van der Waals surface area contributed by atoms with Crippen molar-refractivity contribution in [1.82, 2.24) is 5.43 Å². The van der Waals surface area contributed by atoms with Gasteiger partial charge in [-0.15, -0.1) is 0 Å². The minimum Gasteiger partial charge on any atom is -0.398 e. The minimum absolute atomic E-state index is 0.280. The lowest BCUT2D eigenvalue weighted by Gasteiger charge is -2.20. The van der Waals surface area contributed by atoms with Crippen LogP contribution in [0.3, 0.4) is 0 Å². The molecule has 2 aromatic carbocycles. The van der Waals surface area contributed by atoms with Gasteiger partial charge in [-0.1, -0.05) is 30.3 Å². The summed E-state index contributed by atoms with van der Waals surface area (Å²) in [4.78, 5) is 0. The van der Waals surface area contributed by atoms with E-state index in [-0.39, 0.29) is 5.69 Å². The van der Waals surface area contributed by atoms with Crippen molar-refractivity contribution in [2.24, 2.45) is 5.84 Å². The molecule has 0 saturated heterocycles. The number of nitrogens with two attached hydrogens (primary N) is 2. The molecule has 0 fully saturated rings. The first-order chi connectivity index (χ1) is 9.91. The van der Waals surface area contributed by atoms with E-state index in [1.165, 1.54) is 6.07 Å². The summed E-state index contributed by atoms with van der Waals surface area (Å²) in [6.07, 6.45) is -3.96. The van der Waals surface area contributed by atoms with Gasteiger partial charge in [0.1, 0.15) is 0 Å². The predicted molar refractivity (Wildman–Crippen MR) is 76.1 cm³/mol. The average molecular weight is 295 g/mol. The van der Waals surface area contributed by atoms with Gasteiger partial charge in [0.25, 0.3) is 0 Å². The number of anilines is 1. The number of hydrogen-bond donors (Lipinski definition) is 3. The van der Waals surface area contributed by atoms with Crippen LogP contribution in [-0.2, 0) is 12.6 Å². The van der Waals surface area contributed by atoms with E-state index in [0.29, 0.717) is 12.0 Å². The summed E-state index contributed by atoms with van der Waals surface area (Å²) in [7, 11) is 0. The summed E-state index contributed by atoms with van der Waals surface area (Å²) in [5, 5.41) is 0. The zero-order chi connectivity index (χ0) is 15.5. The maximum absolute atomic E-state index is 12.8. The highest BCUT2D eigenvalue weighted by Crippen LogP contribution is 2.33. The molecule has 112 valence electrons. The SMILES string of the molecule is NNC(Cc1ccccc1)c1cc(C(F)(F)F)ccc1N.